The second kappa shape index (κ2) is 13.8. The van der Waals surface area contributed by atoms with Crippen LogP contribution in [0.5, 0.6) is 0 Å². The number of nitrogens with zero attached hydrogens (tertiary/aromatic N) is 2. The molecule has 1 aromatic carbocycles. The predicted molar refractivity (Wildman–Crippen MR) is 143 cm³/mol. The third-order valence-electron chi connectivity index (χ3n) is 7.69. The van der Waals surface area contributed by atoms with Crippen LogP contribution >= 0.6 is 0 Å². The summed E-state index contributed by atoms with van der Waals surface area (Å²) in [5.74, 6) is 0.699. The van der Waals surface area contributed by atoms with Crippen molar-refractivity contribution in [3.8, 4) is 0 Å². The van der Waals surface area contributed by atoms with E-state index in [9.17, 15) is 14.4 Å². The zero-order valence-electron chi connectivity index (χ0n) is 22.6. The number of carbonyl (C=O) groups is 3. The summed E-state index contributed by atoms with van der Waals surface area (Å²) in [5.41, 5.74) is 0.617. The maximum atomic E-state index is 13.5. The van der Waals surface area contributed by atoms with Gasteiger partial charge in [0, 0.05) is 39.1 Å². The lowest BCUT2D eigenvalue weighted by Gasteiger charge is -2.51. The highest BCUT2D eigenvalue weighted by atomic mass is 16.2. The van der Waals surface area contributed by atoms with Crippen LogP contribution in [-0.2, 0) is 20.8 Å². The van der Waals surface area contributed by atoms with Crippen LogP contribution in [0.2, 0.25) is 0 Å². The predicted octanol–water partition coefficient (Wildman–Crippen LogP) is 3.52. The summed E-state index contributed by atoms with van der Waals surface area (Å²) in [5, 5.41) is 6.05. The van der Waals surface area contributed by atoms with Crippen LogP contribution in [0.4, 0.5) is 0 Å². The number of amides is 3. The van der Waals surface area contributed by atoms with Gasteiger partial charge in [0.25, 0.3) is 0 Å². The highest BCUT2D eigenvalue weighted by molar-refractivity contribution is 6.00. The maximum Gasteiger partial charge on any atom is 0.246 e. The molecule has 200 valence electrons. The number of likely N-dealkylation sites (tertiary alicyclic amines) is 1. The van der Waals surface area contributed by atoms with Gasteiger partial charge >= 0.3 is 0 Å². The largest absolute Gasteiger partial charge is 0.356 e. The Hall–Kier alpha value is -2.41. The first-order valence-electron chi connectivity index (χ1n) is 14.0. The molecule has 0 unspecified atom stereocenters. The van der Waals surface area contributed by atoms with Crippen molar-refractivity contribution in [2.24, 2.45) is 5.92 Å². The van der Waals surface area contributed by atoms with E-state index in [1.54, 1.807) is 0 Å². The van der Waals surface area contributed by atoms with Crippen LogP contribution in [0.3, 0.4) is 0 Å². The highest BCUT2D eigenvalue weighted by Gasteiger charge is 2.52. The van der Waals surface area contributed by atoms with Crippen molar-refractivity contribution in [1.82, 2.24) is 20.4 Å². The van der Waals surface area contributed by atoms with E-state index in [1.807, 2.05) is 11.0 Å². The lowest BCUT2D eigenvalue weighted by atomic mass is 9.81. The van der Waals surface area contributed by atoms with Gasteiger partial charge in [0.15, 0.2) is 0 Å². The molecular formula is C29H46N4O3. The fourth-order valence-corrected chi connectivity index (χ4v) is 5.40. The molecule has 2 aliphatic rings. The molecule has 2 heterocycles. The highest BCUT2D eigenvalue weighted by Crippen LogP contribution is 2.34. The molecule has 2 fully saturated rings. The van der Waals surface area contributed by atoms with Gasteiger partial charge in [0.1, 0.15) is 11.6 Å². The summed E-state index contributed by atoms with van der Waals surface area (Å²) in [6, 6.07) is 10.0. The van der Waals surface area contributed by atoms with E-state index in [2.05, 4.69) is 60.6 Å². The molecule has 3 amide bonds. The van der Waals surface area contributed by atoms with Crippen molar-refractivity contribution >= 4 is 17.7 Å². The Balaban J connectivity index is 1.47. The van der Waals surface area contributed by atoms with E-state index in [1.165, 1.54) is 5.56 Å². The number of nitrogens with one attached hydrogen (secondary N) is 2. The second-order valence-electron chi connectivity index (χ2n) is 10.9. The fourth-order valence-electron chi connectivity index (χ4n) is 5.40. The first kappa shape index (κ1) is 28.2. The van der Waals surface area contributed by atoms with E-state index >= 15 is 0 Å². The van der Waals surface area contributed by atoms with Crippen LogP contribution in [0.25, 0.3) is 0 Å². The molecule has 0 radical (unpaired) electrons. The fraction of sp³-hybridized carbons (Fsp3) is 0.690. The van der Waals surface area contributed by atoms with Crippen LogP contribution in [-0.4, -0.2) is 71.8 Å². The number of piperazine rings is 1. The summed E-state index contributed by atoms with van der Waals surface area (Å²) in [6.45, 7) is 10.2. The minimum Gasteiger partial charge on any atom is -0.356 e. The molecule has 0 saturated carbocycles. The van der Waals surface area contributed by atoms with Crippen molar-refractivity contribution < 1.29 is 14.4 Å². The summed E-state index contributed by atoms with van der Waals surface area (Å²) < 4.78 is 0. The zero-order chi connectivity index (χ0) is 26.0. The summed E-state index contributed by atoms with van der Waals surface area (Å²) >= 11 is 0. The maximum absolute atomic E-state index is 13.5. The van der Waals surface area contributed by atoms with Crippen LogP contribution in [0, 0.1) is 5.92 Å². The Labute approximate surface area is 217 Å². The minimum atomic E-state index is -0.711. The van der Waals surface area contributed by atoms with Crippen molar-refractivity contribution in [3.05, 3.63) is 35.9 Å². The average molecular weight is 499 g/mol. The molecule has 1 atom stereocenters. The third-order valence-corrected chi connectivity index (χ3v) is 7.69. The number of unbranched alkanes of at least 4 members (excludes halogenated alkanes) is 1. The third kappa shape index (κ3) is 7.55. The van der Waals surface area contributed by atoms with Gasteiger partial charge in [-0.2, -0.15) is 0 Å². The van der Waals surface area contributed by atoms with Crippen LogP contribution in [0.1, 0.15) is 77.7 Å². The number of benzene rings is 1. The molecule has 0 aliphatic carbocycles. The average Bonchev–Trinajstić information content (AvgIpc) is 2.88. The molecule has 7 heteroatoms. The van der Waals surface area contributed by atoms with E-state index in [0.717, 1.165) is 51.7 Å². The molecular weight excluding hydrogens is 452 g/mol. The number of rotatable bonds is 13. The Morgan fingerprint density at radius 2 is 1.83 bits per heavy atom. The molecule has 0 aromatic heterocycles. The monoisotopic (exact) mass is 498 g/mol. The minimum absolute atomic E-state index is 0.0187. The van der Waals surface area contributed by atoms with E-state index in [4.69, 9.17) is 0 Å². The summed E-state index contributed by atoms with van der Waals surface area (Å²) in [4.78, 5) is 43.1. The first-order chi connectivity index (χ1) is 17.4. The van der Waals surface area contributed by atoms with Gasteiger partial charge in [-0.1, -0.05) is 51.1 Å². The Morgan fingerprint density at radius 3 is 2.50 bits per heavy atom. The van der Waals surface area contributed by atoms with Crippen molar-refractivity contribution in [3.63, 3.8) is 0 Å². The van der Waals surface area contributed by atoms with Gasteiger partial charge in [-0.3, -0.25) is 14.4 Å². The van der Waals surface area contributed by atoms with Crippen molar-refractivity contribution in [1.29, 1.82) is 0 Å². The number of carbonyl (C=O) groups excluding carboxylic acids is 3. The smallest absolute Gasteiger partial charge is 0.246 e. The molecule has 1 aromatic rings. The standard InChI is InChI=1S/C29H46N4O3/c1-4-19-33-27(35)25(12-8-9-18-30-26(34)14-13-23(2)3)31-28(36)29(33)16-21-32(22-17-29)20-15-24-10-6-5-7-11-24/h5-7,10-11,23,25H,4,8-9,12-22H2,1-3H3,(H,30,34)(H,31,36)/t25-/m0/s1. The van der Waals surface area contributed by atoms with Crippen molar-refractivity contribution in [2.45, 2.75) is 90.1 Å². The quantitative estimate of drug-likeness (QED) is 0.408. The van der Waals surface area contributed by atoms with Gasteiger partial charge in [0.2, 0.25) is 17.7 Å². The molecule has 2 saturated heterocycles. The van der Waals surface area contributed by atoms with Crippen LogP contribution in [0.15, 0.2) is 30.3 Å². The molecule has 2 aliphatic heterocycles. The van der Waals surface area contributed by atoms with Crippen LogP contribution < -0.4 is 10.6 Å². The van der Waals surface area contributed by atoms with Crippen molar-refractivity contribution in [2.75, 3.05) is 32.7 Å². The molecule has 1 spiro atoms. The molecule has 0 bridgehead atoms. The lowest BCUT2D eigenvalue weighted by Crippen LogP contribution is -2.72. The Bertz CT molecular complexity index is 849. The molecule has 3 rings (SSSR count). The van der Waals surface area contributed by atoms with E-state index in [-0.39, 0.29) is 17.7 Å². The number of piperidine rings is 1. The number of hydrogen-bond donors (Lipinski definition) is 2. The molecule has 7 nitrogen and oxygen atoms in total. The van der Waals surface area contributed by atoms with Gasteiger partial charge in [-0.05, 0) is 62.8 Å². The van der Waals surface area contributed by atoms with Gasteiger partial charge in [0.05, 0.1) is 0 Å². The summed E-state index contributed by atoms with van der Waals surface area (Å²) in [6.07, 6.45) is 6.89. The normalized spacial score (nSPS) is 20.1. The summed E-state index contributed by atoms with van der Waals surface area (Å²) in [7, 11) is 0. The SMILES string of the molecule is CCCN1C(=O)[C@H](CCCCNC(=O)CCC(C)C)NC(=O)C12CCN(CCc1ccccc1)CC2. The number of hydrogen-bond acceptors (Lipinski definition) is 4. The molecule has 36 heavy (non-hydrogen) atoms. The van der Waals surface area contributed by atoms with E-state index < -0.39 is 11.6 Å². The molecule has 2 N–H and O–H groups in total. The topological polar surface area (TPSA) is 81.8 Å². The Kier molecular flexibility index (Phi) is 10.8. The van der Waals surface area contributed by atoms with Gasteiger partial charge < -0.3 is 20.4 Å². The van der Waals surface area contributed by atoms with Gasteiger partial charge in [-0.25, -0.2) is 0 Å². The zero-order valence-corrected chi connectivity index (χ0v) is 22.6. The van der Waals surface area contributed by atoms with Gasteiger partial charge in [-0.15, -0.1) is 0 Å². The Morgan fingerprint density at radius 1 is 1.11 bits per heavy atom. The first-order valence-corrected chi connectivity index (χ1v) is 14.0. The van der Waals surface area contributed by atoms with E-state index in [0.29, 0.717) is 44.7 Å². The lowest BCUT2D eigenvalue weighted by molar-refractivity contribution is -0.161. The second-order valence-corrected chi connectivity index (χ2v) is 10.9.